The molecule has 1 aromatic rings. The first-order valence-corrected chi connectivity index (χ1v) is 9.47. The van der Waals surface area contributed by atoms with Gasteiger partial charge in [-0.15, -0.1) is 0 Å². The Labute approximate surface area is 156 Å². The Balaban J connectivity index is 1.65. The Morgan fingerprint density at radius 2 is 1.85 bits per heavy atom. The van der Waals surface area contributed by atoms with Crippen molar-refractivity contribution in [3.63, 3.8) is 0 Å². The van der Waals surface area contributed by atoms with E-state index >= 15 is 0 Å². The summed E-state index contributed by atoms with van der Waals surface area (Å²) in [6, 6.07) is 7.99. The van der Waals surface area contributed by atoms with Crippen LogP contribution in [0.5, 0.6) is 0 Å². The van der Waals surface area contributed by atoms with Gasteiger partial charge in [-0.1, -0.05) is 12.1 Å². The zero-order valence-corrected chi connectivity index (χ0v) is 16.0. The lowest BCUT2D eigenvalue weighted by molar-refractivity contribution is 0.0352. The van der Waals surface area contributed by atoms with Gasteiger partial charge in [-0.25, -0.2) is 0 Å². The van der Waals surface area contributed by atoms with E-state index in [4.69, 9.17) is 10.5 Å². The lowest BCUT2D eigenvalue weighted by Gasteiger charge is -2.32. The number of piperazine rings is 1. The van der Waals surface area contributed by atoms with Gasteiger partial charge in [-0.3, -0.25) is 9.79 Å². The second-order valence-electron chi connectivity index (χ2n) is 7.59. The van der Waals surface area contributed by atoms with Crippen LogP contribution in [0.4, 0.5) is 0 Å². The number of nitrogens with zero attached hydrogens (tertiary/aromatic N) is 3. The van der Waals surface area contributed by atoms with Crippen molar-refractivity contribution in [2.75, 3.05) is 39.8 Å². The molecule has 1 amide bonds. The minimum Gasteiger partial charge on any atom is -0.385 e. The molecule has 142 valence electrons. The molecule has 0 aliphatic carbocycles. The van der Waals surface area contributed by atoms with E-state index in [0.29, 0.717) is 12.4 Å². The van der Waals surface area contributed by atoms with Crippen molar-refractivity contribution in [2.24, 2.45) is 10.7 Å². The van der Waals surface area contributed by atoms with Crippen LogP contribution in [0.3, 0.4) is 0 Å². The van der Waals surface area contributed by atoms with E-state index in [0.717, 1.165) is 38.2 Å². The summed E-state index contributed by atoms with van der Waals surface area (Å²) in [5.74, 6) is 0.993. The smallest absolute Gasteiger partial charge is 0.253 e. The fourth-order valence-electron chi connectivity index (χ4n) is 3.56. The number of likely N-dealkylation sites (N-methyl/N-ethyl adjacent to an activating group) is 1. The van der Waals surface area contributed by atoms with Crippen molar-refractivity contribution in [1.29, 1.82) is 0 Å². The fourth-order valence-corrected chi connectivity index (χ4v) is 3.56. The first kappa shape index (κ1) is 18.9. The van der Waals surface area contributed by atoms with Crippen molar-refractivity contribution in [3.05, 3.63) is 35.4 Å². The number of nitrogens with two attached hydrogens (primary N) is 1. The number of benzene rings is 1. The normalized spacial score (nSPS) is 24.6. The van der Waals surface area contributed by atoms with E-state index in [9.17, 15) is 4.79 Å². The third-order valence-electron chi connectivity index (χ3n) is 5.18. The molecule has 1 fully saturated rings. The zero-order valence-electron chi connectivity index (χ0n) is 16.0. The number of carbonyl (C=O) groups excluding carboxylic acids is 1. The fraction of sp³-hybridized carbons (Fsp3) is 0.600. The number of amidine groups is 1. The molecule has 2 atom stereocenters. The summed E-state index contributed by atoms with van der Waals surface area (Å²) in [5.41, 5.74) is 7.94. The van der Waals surface area contributed by atoms with Crippen LogP contribution in [-0.2, 0) is 4.74 Å². The average Bonchev–Trinajstić information content (AvgIpc) is 2.63. The minimum absolute atomic E-state index is 0.121. The van der Waals surface area contributed by atoms with E-state index in [1.807, 2.05) is 30.9 Å². The largest absolute Gasteiger partial charge is 0.385 e. The molecule has 2 heterocycles. The summed E-state index contributed by atoms with van der Waals surface area (Å²) in [5, 5.41) is 0. The Kier molecular flexibility index (Phi) is 5.94. The van der Waals surface area contributed by atoms with Crippen molar-refractivity contribution in [1.82, 2.24) is 9.80 Å². The highest BCUT2D eigenvalue weighted by molar-refractivity contribution is 5.94. The van der Waals surface area contributed by atoms with Crippen molar-refractivity contribution in [2.45, 2.75) is 38.4 Å². The molecule has 0 spiro atoms. The van der Waals surface area contributed by atoms with E-state index in [1.165, 1.54) is 5.56 Å². The molecule has 6 nitrogen and oxygen atoms in total. The highest BCUT2D eigenvalue weighted by Gasteiger charge is 2.27. The van der Waals surface area contributed by atoms with Gasteiger partial charge in [0, 0.05) is 44.2 Å². The number of hydrogen-bond donors (Lipinski definition) is 1. The van der Waals surface area contributed by atoms with E-state index in [-0.39, 0.29) is 24.0 Å². The first-order chi connectivity index (χ1) is 12.4. The predicted molar refractivity (Wildman–Crippen MR) is 104 cm³/mol. The Morgan fingerprint density at radius 3 is 2.46 bits per heavy atom. The van der Waals surface area contributed by atoms with Gasteiger partial charge in [0.15, 0.2) is 0 Å². The monoisotopic (exact) mass is 358 g/mol. The van der Waals surface area contributed by atoms with Crippen LogP contribution < -0.4 is 5.73 Å². The van der Waals surface area contributed by atoms with Gasteiger partial charge < -0.3 is 20.3 Å². The number of carbonyl (C=O) groups is 1. The van der Waals surface area contributed by atoms with Gasteiger partial charge in [0.25, 0.3) is 5.91 Å². The third kappa shape index (κ3) is 4.43. The molecule has 2 N–H and O–H groups in total. The van der Waals surface area contributed by atoms with Crippen LogP contribution in [0, 0.1) is 0 Å². The molecule has 0 saturated carbocycles. The Hall–Kier alpha value is -1.92. The van der Waals surface area contributed by atoms with Crippen LogP contribution in [0.25, 0.3) is 0 Å². The number of amides is 1. The summed E-state index contributed by atoms with van der Waals surface area (Å²) in [6.07, 6.45) is 0.829. The SMILES string of the molecule is CC(C)OC1CC(c2ccc(C(=O)N3CCN(C)CC3)cc2)CN=C1N. The minimum atomic E-state index is -0.125. The van der Waals surface area contributed by atoms with Crippen LogP contribution in [0.1, 0.15) is 42.1 Å². The lowest BCUT2D eigenvalue weighted by Crippen LogP contribution is -2.47. The number of hydrogen-bond acceptors (Lipinski definition) is 5. The summed E-state index contributed by atoms with van der Waals surface area (Å²) < 4.78 is 5.88. The highest BCUT2D eigenvalue weighted by atomic mass is 16.5. The molecular weight excluding hydrogens is 328 g/mol. The van der Waals surface area contributed by atoms with Crippen LogP contribution in [0.2, 0.25) is 0 Å². The topological polar surface area (TPSA) is 71.2 Å². The summed E-state index contributed by atoms with van der Waals surface area (Å²) >= 11 is 0. The molecule has 2 unspecified atom stereocenters. The molecule has 2 aliphatic rings. The van der Waals surface area contributed by atoms with Crippen molar-refractivity contribution in [3.8, 4) is 0 Å². The zero-order chi connectivity index (χ0) is 18.7. The van der Waals surface area contributed by atoms with Gasteiger partial charge in [-0.2, -0.15) is 0 Å². The van der Waals surface area contributed by atoms with Gasteiger partial charge in [0.2, 0.25) is 0 Å². The Bertz CT molecular complexity index is 648. The van der Waals surface area contributed by atoms with E-state index in [1.54, 1.807) is 0 Å². The maximum atomic E-state index is 12.7. The van der Waals surface area contributed by atoms with Crippen LogP contribution >= 0.6 is 0 Å². The molecular formula is C20H30N4O2. The highest BCUT2D eigenvalue weighted by Crippen LogP contribution is 2.27. The van der Waals surface area contributed by atoms with Crippen LogP contribution in [0.15, 0.2) is 29.3 Å². The van der Waals surface area contributed by atoms with E-state index in [2.05, 4.69) is 29.1 Å². The molecule has 2 aliphatic heterocycles. The molecule has 6 heteroatoms. The summed E-state index contributed by atoms with van der Waals surface area (Å²) in [4.78, 5) is 21.3. The van der Waals surface area contributed by atoms with Crippen molar-refractivity contribution >= 4 is 11.7 Å². The standard InChI is InChI=1S/C20H30N4O2/c1-14(2)26-18-12-17(13-22-19(18)21)15-4-6-16(7-5-15)20(25)24-10-8-23(3)9-11-24/h4-7,14,17-18H,8-13H2,1-3H3,(H2,21,22). The molecule has 0 aromatic heterocycles. The third-order valence-corrected chi connectivity index (χ3v) is 5.18. The predicted octanol–water partition coefficient (Wildman–Crippen LogP) is 1.71. The molecule has 26 heavy (non-hydrogen) atoms. The molecule has 3 rings (SSSR count). The first-order valence-electron chi connectivity index (χ1n) is 9.47. The number of aliphatic imine (C=N–C) groups is 1. The molecule has 0 bridgehead atoms. The van der Waals surface area contributed by atoms with Gasteiger partial charge >= 0.3 is 0 Å². The quantitative estimate of drug-likeness (QED) is 0.889. The summed E-state index contributed by atoms with van der Waals surface area (Å²) in [7, 11) is 2.09. The van der Waals surface area contributed by atoms with E-state index < -0.39 is 0 Å². The summed E-state index contributed by atoms with van der Waals surface area (Å²) in [6.45, 7) is 8.15. The molecule has 1 saturated heterocycles. The molecule has 1 aromatic carbocycles. The Morgan fingerprint density at radius 1 is 1.19 bits per heavy atom. The van der Waals surface area contributed by atoms with Crippen molar-refractivity contribution < 1.29 is 9.53 Å². The second kappa shape index (κ2) is 8.18. The maximum Gasteiger partial charge on any atom is 0.253 e. The number of ether oxygens (including phenoxy) is 1. The lowest BCUT2D eigenvalue weighted by atomic mass is 9.90. The van der Waals surface area contributed by atoms with Gasteiger partial charge in [-0.05, 0) is 45.0 Å². The van der Waals surface area contributed by atoms with Gasteiger partial charge in [0.1, 0.15) is 11.9 Å². The van der Waals surface area contributed by atoms with Crippen LogP contribution in [-0.4, -0.2) is 73.5 Å². The number of rotatable bonds is 4. The average molecular weight is 358 g/mol. The second-order valence-corrected chi connectivity index (χ2v) is 7.59. The molecule has 0 radical (unpaired) electrons. The maximum absolute atomic E-state index is 12.7. The van der Waals surface area contributed by atoms with Gasteiger partial charge in [0.05, 0.1) is 6.10 Å².